The van der Waals surface area contributed by atoms with E-state index in [1.165, 1.54) is 5.69 Å². The summed E-state index contributed by atoms with van der Waals surface area (Å²) >= 11 is 0. The lowest BCUT2D eigenvalue weighted by Crippen LogP contribution is -2.35. The van der Waals surface area contributed by atoms with Gasteiger partial charge in [-0.1, -0.05) is 6.07 Å². The minimum Gasteiger partial charge on any atom is -0.351 e. The number of pyridine rings is 1. The van der Waals surface area contributed by atoms with Crippen LogP contribution in [0.25, 0.3) is 5.65 Å². The molecule has 94 valence electrons. The van der Waals surface area contributed by atoms with E-state index in [-0.39, 0.29) is 0 Å². The molecule has 0 spiro atoms. The van der Waals surface area contributed by atoms with Crippen LogP contribution in [0.1, 0.15) is 11.4 Å². The zero-order chi connectivity index (χ0) is 12.5. The number of likely N-dealkylation sites (N-methyl/N-ethyl adjacent to an activating group) is 1. The summed E-state index contributed by atoms with van der Waals surface area (Å²) in [5, 5.41) is 3.33. The highest BCUT2D eigenvalue weighted by atomic mass is 15.3. The maximum absolute atomic E-state index is 4.59. The molecule has 3 heterocycles. The smallest absolute Gasteiger partial charge is 0.194 e. The zero-order valence-electron chi connectivity index (χ0n) is 10.7. The third kappa shape index (κ3) is 1.92. The van der Waals surface area contributed by atoms with E-state index in [0.29, 0.717) is 6.54 Å². The average molecular weight is 243 g/mol. The van der Waals surface area contributed by atoms with Gasteiger partial charge in [-0.3, -0.25) is 4.99 Å². The molecule has 5 nitrogen and oxygen atoms in total. The first-order valence-corrected chi connectivity index (χ1v) is 6.17. The van der Waals surface area contributed by atoms with E-state index in [4.69, 9.17) is 0 Å². The lowest BCUT2D eigenvalue weighted by atomic mass is 10.4. The van der Waals surface area contributed by atoms with Crippen molar-refractivity contribution in [3.05, 3.63) is 35.8 Å². The van der Waals surface area contributed by atoms with Gasteiger partial charge in [-0.25, -0.2) is 4.98 Å². The number of aliphatic imine (C=N–C) groups is 1. The van der Waals surface area contributed by atoms with Crippen LogP contribution in [-0.4, -0.2) is 40.4 Å². The van der Waals surface area contributed by atoms with E-state index < -0.39 is 0 Å². The van der Waals surface area contributed by atoms with Crippen LogP contribution in [0.5, 0.6) is 0 Å². The Hall–Kier alpha value is -2.04. The molecule has 0 bridgehead atoms. The summed E-state index contributed by atoms with van der Waals surface area (Å²) in [7, 11) is 2.05. The Morgan fingerprint density at radius 3 is 3.00 bits per heavy atom. The van der Waals surface area contributed by atoms with Crippen molar-refractivity contribution >= 4 is 11.6 Å². The molecule has 2 aromatic heterocycles. The molecule has 1 N–H and O–H groups in total. The number of fused-ring (bicyclic) bond motifs is 1. The summed E-state index contributed by atoms with van der Waals surface area (Å²) in [4.78, 5) is 11.1. The summed E-state index contributed by atoms with van der Waals surface area (Å²) in [6, 6.07) is 6.14. The predicted molar refractivity (Wildman–Crippen MR) is 71.7 cm³/mol. The number of guanidine groups is 1. The third-order valence-corrected chi connectivity index (χ3v) is 3.23. The molecule has 0 amide bonds. The Bertz CT molecular complexity index is 598. The van der Waals surface area contributed by atoms with Crippen LogP contribution in [0.4, 0.5) is 0 Å². The molecule has 0 aromatic carbocycles. The van der Waals surface area contributed by atoms with Crippen LogP contribution in [0.15, 0.2) is 29.4 Å². The van der Waals surface area contributed by atoms with E-state index in [9.17, 15) is 0 Å². The fraction of sp³-hybridized carbons (Fsp3) is 0.385. The lowest BCUT2D eigenvalue weighted by Gasteiger charge is -2.14. The highest BCUT2D eigenvalue weighted by molar-refractivity contribution is 5.81. The number of hydrogen-bond acceptors (Lipinski definition) is 4. The standard InChI is InChI=1S/C13H17N5/c1-10-4-3-5-12-16-11(9-18(10)12)8-15-13-14-6-7-17(13)2/h3-5,9H,6-8H2,1-2H3,(H,14,15). The van der Waals surface area contributed by atoms with E-state index in [0.717, 1.165) is 30.4 Å². The number of imidazole rings is 1. The lowest BCUT2D eigenvalue weighted by molar-refractivity contribution is 0.533. The largest absolute Gasteiger partial charge is 0.351 e. The Labute approximate surface area is 106 Å². The molecular formula is C13H17N5. The molecule has 0 atom stereocenters. The summed E-state index contributed by atoms with van der Waals surface area (Å²) in [5.74, 6) is 0.962. The van der Waals surface area contributed by atoms with Gasteiger partial charge in [-0.15, -0.1) is 0 Å². The predicted octanol–water partition coefficient (Wildman–Crippen LogP) is 1.03. The number of hydrogen-bond donors (Lipinski definition) is 1. The molecule has 1 aliphatic heterocycles. The molecule has 0 saturated heterocycles. The highest BCUT2D eigenvalue weighted by Crippen LogP contribution is 2.08. The Morgan fingerprint density at radius 1 is 1.39 bits per heavy atom. The van der Waals surface area contributed by atoms with Crippen molar-refractivity contribution in [1.29, 1.82) is 0 Å². The second kappa shape index (κ2) is 4.33. The molecule has 2 aromatic rings. The zero-order valence-corrected chi connectivity index (χ0v) is 10.7. The maximum atomic E-state index is 4.59. The molecule has 18 heavy (non-hydrogen) atoms. The van der Waals surface area contributed by atoms with Crippen LogP contribution in [-0.2, 0) is 6.54 Å². The van der Waals surface area contributed by atoms with Crippen molar-refractivity contribution in [1.82, 2.24) is 19.6 Å². The summed E-state index contributed by atoms with van der Waals surface area (Å²) in [5.41, 5.74) is 3.22. The van der Waals surface area contributed by atoms with Crippen molar-refractivity contribution in [2.75, 3.05) is 20.1 Å². The van der Waals surface area contributed by atoms with Gasteiger partial charge in [0, 0.05) is 25.5 Å². The number of nitrogens with one attached hydrogen (secondary N) is 1. The van der Waals surface area contributed by atoms with Crippen molar-refractivity contribution in [3.8, 4) is 0 Å². The molecule has 1 aliphatic rings. The van der Waals surface area contributed by atoms with Gasteiger partial charge in [0.15, 0.2) is 5.96 Å². The third-order valence-electron chi connectivity index (χ3n) is 3.23. The number of rotatable bonds is 2. The van der Waals surface area contributed by atoms with Crippen LogP contribution >= 0.6 is 0 Å². The Balaban J connectivity index is 1.77. The van der Waals surface area contributed by atoms with Gasteiger partial charge in [0.05, 0.1) is 18.8 Å². The monoisotopic (exact) mass is 243 g/mol. The van der Waals surface area contributed by atoms with E-state index in [2.05, 4.69) is 43.8 Å². The Morgan fingerprint density at radius 2 is 2.28 bits per heavy atom. The van der Waals surface area contributed by atoms with Crippen LogP contribution < -0.4 is 5.32 Å². The number of nitrogens with zero attached hydrogens (tertiary/aromatic N) is 4. The van der Waals surface area contributed by atoms with Gasteiger partial charge in [-0.2, -0.15) is 0 Å². The first-order valence-electron chi connectivity index (χ1n) is 6.17. The van der Waals surface area contributed by atoms with E-state index in [1.807, 2.05) is 19.2 Å². The van der Waals surface area contributed by atoms with Gasteiger partial charge >= 0.3 is 0 Å². The van der Waals surface area contributed by atoms with Gasteiger partial charge in [0.25, 0.3) is 0 Å². The molecule has 5 heteroatoms. The van der Waals surface area contributed by atoms with Crippen molar-refractivity contribution < 1.29 is 0 Å². The summed E-state index contributed by atoms with van der Waals surface area (Å²) < 4.78 is 2.11. The quantitative estimate of drug-likeness (QED) is 0.857. The minimum absolute atomic E-state index is 0.713. The first-order chi connectivity index (χ1) is 8.74. The van der Waals surface area contributed by atoms with Gasteiger partial charge in [0.1, 0.15) is 5.65 Å². The van der Waals surface area contributed by atoms with E-state index >= 15 is 0 Å². The van der Waals surface area contributed by atoms with Crippen LogP contribution in [0.2, 0.25) is 0 Å². The van der Waals surface area contributed by atoms with Crippen molar-refractivity contribution in [2.24, 2.45) is 4.99 Å². The van der Waals surface area contributed by atoms with Gasteiger partial charge in [-0.05, 0) is 19.1 Å². The molecule has 0 saturated carbocycles. The number of aryl methyl sites for hydroxylation is 1. The Kier molecular flexibility index (Phi) is 2.66. The molecular weight excluding hydrogens is 226 g/mol. The van der Waals surface area contributed by atoms with Gasteiger partial charge < -0.3 is 14.6 Å². The normalized spacial score (nSPS) is 15.2. The van der Waals surface area contributed by atoms with Crippen molar-refractivity contribution in [3.63, 3.8) is 0 Å². The molecule has 0 unspecified atom stereocenters. The van der Waals surface area contributed by atoms with Crippen LogP contribution in [0.3, 0.4) is 0 Å². The summed E-state index contributed by atoms with van der Waals surface area (Å²) in [6.07, 6.45) is 2.08. The van der Waals surface area contributed by atoms with E-state index in [1.54, 1.807) is 0 Å². The molecule has 3 rings (SSSR count). The average Bonchev–Trinajstić information content (AvgIpc) is 2.93. The number of aromatic nitrogens is 2. The fourth-order valence-corrected chi connectivity index (χ4v) is 2.18. The van der Waals surface area contributed by atoms with Gasteiger partial charge in [0.2, 0.25) is 0 Å². The molecule has 0 fully saturated rings. The second-order valence-electron chi connectivity index (χ2n) is 4.61. The van der Waals surface area contributed by atoms with Crippen LogP contribution in [0, 0.1) is 6.92 Å². The SMILES string of the molecule is Cc1cccc2nc(CNC3=NCCN3C)cn12. The summed E-state index contributed by atoms with van der Waals surface area (Å²) in [6.45, 7) is 4.67. The molecule has 0 aliphatic carbocycles. The first kappa shape index (κ1) is 11.1. The minimum atomic E-state index is 0.713. The fourth-order valence-electron chi connectivity index (χ4n) is 2.18. The van der Waals surface area contributed by atoms with Crippen molar-refractivity contribution in [2.45, 2.75) is 13.5 Å². The molecule has 0 radical (unpaired) electrons. The second-order valence-corrected chi connectivity index (χ2v) is 4.61. The topological polar surface area (TPSA) is 44.9 Å². The highest BCUT2D eigenvalue weighted by Gasteiger charge is 2.12. The maximum Gasteiger partial charge on any atom is 0.194 e.